The summed E-state index contributed by atoms with van der Waals surface area (Å²) in [5.74, 6) is 0. The van der Waals surface area contributed by atoms with Crippen LogP contribution < -0.4 is 14.7 Å². The first-order valence-electron chi connectivity index (χ1n) is 52.0. The van der Waals surface area contributed by atoms with Gasteiger partial charge in [-0.3, -0.25) is 0 Å². The summed E-state index contributed by atoms with van der Waals surface area (Å²) >= 11 is 0. The highest BCUT2D eigenvalue weighted by Gasteiger charge is 2.34. The van der Waals surface area contributed by atoms with E-state index in [1.165, 1.54) is 445 Å². The second kappa shape index (κ2) is 41.1. The molecule has 129 heavy (non-hydrogen) atoms. The minimum absolute atomic E-state index is 1.10. The summed E-state index contributed by atoms with van der Waals surface area (Å²) in [6.45, 7) is 13.9. The van der Waals surface area contributed by atoms with E-state index in [0.29, 0.717) is 0 Å². The van der Waals surface area contributed by atoms with Gasteiger partial charge < -0.3 is 14.7 Å². The Morgan fingerprint density at radius 2 is 0.271 bits per heavy atom. The van der Waals surface area contributed by atoms with Crippen LogP contribution in [0.2, 0.25) is 0 Å². The largest absolute Gasteiger partial charge is 0.310 e. The van der Waals surface area contributed by atoms with Crippen LogP contribution in [0.25, 0.3) is 129 Å². The molecule has 3 nitrogen and oxygen atoms in total. The molecule has 0 N–H and O–H groups in total. The fraction of sp³-hybridized carbons (Fsp3) is 0.381. The Morgan fingerprint density at radius 3 is 0.426 bits per heavy atom. The first-order chi connectivity index (χ1) is 63.8. The van der Waals surface area contributed by atoms with E-state index in [2.05, 4.69) is 293 Å². The molecule has 0 amide bonds. The number of benzene rings is 19. The average Bonchev–Trinajstić information content (AvgIpc) is 0.641. The van der Waals surface area contributed by atoms with Crippen LogP contribution in [0.3, 0.4) is 0 Å². The maximum atomic E-state index is 2.64. The highest BCUT2D eigenvalue weighted by molar-refractivity contribution is 6.61. The summed E-state index contributed by atoms with van der Waals surface area (Å²) in [5.41, 5.74) is 19.3. The minimum atomic E-state index is 1.10. The molecule has 0 radical (unpaired) electrons. The second-order valence-electron chi connectivity index (χ2n) is 39.3. The van der Waals surface area contributed by atoms with Crippen LogP contribution in [0.1, 0.15) is 306 Å². The van der Waals surface area contributed by atoms with Crippen molar-refractivity contribution in [1.82, 2.24) is 0 Å². The zero-order valence-electron chi connectivity index (χ0n) is 79.1. The van der Waals surface area contributed by atoms with Gasteiger partial charge in [0.1, 0.15) is 0 Å². The van der Waals surface area contributed by atoms with Crippen molar-refractivity contribution < 1.29 is 0 Å². The molecular weight excluding hydrogens is 1560 g/mol. The zero-order chi connectivity index (χ0) is 87.5. The number of anilines is 9. The van der Waals surface area contributed by atoms with Crippen LogP contribution in [0.5, 0.6) is 0 Å². The molecule has 0 saturated heterocycles. The van der Waals surface area contributed by atoms with E-state index in [1.807, 2.05) is 0 Å². The monoisotopic (exact) mass is 1700 g/mol. The lowest BCUT2D eigenvalue weighted by Gasteiger charge is -2.32. The number of hydrogen-bond acceptors (Lipinski definition) is 3. The summed E-state index contributed by atoms with van der Waals surface area (Å²) in [5, 5.41) is 32.6. The van der Waals surface area contributed by atoms with Crippen LogP contribution in [0, 0.1) is 0 Å². The van der Waals surface area contributed by atoms with Gasteiger partial charge in [0, 0.05) is 51.2 Å². The maximum Gasteiger partial charge on any atom is 0.0474 e. The lowest BCUT2D eigenvalue weighted by Crippen LogP contribution is -2.11. The van der Waals surface area contributed by atoms with Gasteiger partial charge in [-0.25, -0.2) is 0 Å². The maximum absolute atomic E-state index is 2.64. The molecule has 19 rings (SSSR count). The van der Waals surface area contributed by atoms with Crippen LogP contribution in [0.4, 0.5) is 51.2 Å². The van der Waals surface area contributed by atoms with Gasteiger partial charge in [-0.2, -0.15) is 0 Å². The predicted molar refractivity (Wildman–Crippen MR) is 570 cm³/mol. The molecule has 0 aliphatic heterocycles. The molecule has 0 unspecified atom stereocenters. The van der Waals surface area contributed by atoms with Crippen molar-refractivity contribution in [1.29, 1.82) is 0 Å². The van der Waals surface area contributed by atoms with Gasteiger partial charge in [0.05, 0.1) is 0 Å². The third-order valence-electron chi connectivity index (χ3n) is 30.2. The zero-order valence-corrected chi connectivity index (χ0v) is 79.1. The standard InChI is InChI=1S/C126H141N3/c1-7-13-19-25-31-37-46-88-58-70-94(71-59-88)127(95-72-60-89(61-73-95)47-38-32-26-20-14-8-2)100-82-109-103-52-43-54-105-111-84-101(128(96-74-62-90(63-75-96)48-39-33-27-21-15-9-3)97-76-64-91(65-77-97)49-40-34-28-22-16-10-4)86-113-107-56-45-57-108-114-87-102(129(98-78-66-92(67-79-98)50-41-35-29-23-17-11-5)99-80-68-93(69-81-99)51-42-36-30-24-18-12-6)85-112-106-55-44-53-104-110(83-100)118(109)124-121(115(103)105)125(119(111)113)123(117(107)108)126(120(112)114)122(124)116(104)106/h43-45,52-87H,7-42,46-51H2,1-6H3. The summed E-state index contributed by atoms with van der Waals surface area (Å²) < 4.78 is 0. The lowest BCUT2D eigenvalue weighted by atomic mass is 9.73. The number of unbranched alkanes of at least 4 members (excludes halogenated alkanes) is 30. The van der Waals surface area contributed by atoms with Crippen molar-refractivity contribution >= 4 is 180 Å². The SMILES string of the molecule is CCCCCCCCc1ccc(N(c2ccc(CCCCCCCC)cc2)c2cc3c4cccc5c6cc(N(c7ccc(CCCCCCCC)cc7)c7ccc(CCCCCCCC)cc7)cc7c8cccc9c%10cc(N(c%11ccc(CCCCCCCC)cc%11)c%11ccc(CCCCCCCC)cc%11)cc%11c%12cccc%13c(c2)c3c2c(c45)c(c67)c(c89)c(c%11%10)c2c%13%12)cc1. The van der Waals surface area contributed by atoms with Crippen molar-refractivity contribution in [3.63, 3.8) is 0 Å². The van der Waals surface area contributed by atoms with E-state index in [9.17, 15) is 0 Å². The van der Waals surface area contributed by atoms with Gasteiger partial charge in [-0.05, 0) is 349 Å². The number of nitrogens with zero attached hydrogens (tertiary/aromatic N) is 3. The van der Waals surface area contributed by atoms with E-state index in [-0.39, 0.29) is 0 Å². The minimum Gasteiger partial charge on any atom is -0.310 e. The number of rotatable bonds is 51. The third-order valence-corrected chi connectivity index (χ3v) is 30.2. The van der Waals surface area contributed by atoms with E-state index >= 15 is 0 Å². The molecular formula is C126H141N3. The van der Waals surface area contributed by atoms with Crippen LogP contribution in [-0.2, 0) is 38.5 Å². The van der Waals surface area contributed by atoms with Crippen LogP contribution in [-0.4, -0.2) is 0 Å². The normalized spacial score (nSPS) is 12.3. The molecule has 19 aromatic rings. The first kappa shape index (κ1) is 87.6. The molecule has 660 valence electrons. The van der Waals surface area contributed by atoms with Gasteiger partial charge >= 0.3 is 0 Å². The summed E-state index contributed by atoms with van der Waals surface area (Å²) in [7, 11) is 0. The summed E-state index contributed by atoms with van der Waals surface area (Å²) in [6.07, 6.45) is 53.3. The fourth-order valence-corrected chi connectivity index (χ4v) is 23.3. The quantitative estimate of drug-likeness (QED) is 0.0214. The number of fused-ring (bicyclic) bond motifs is 6. The molecule has 0 saturated carbocycles. The number of hydrogen-bond donors (Lipinski definition) is 0. The Labute approximate surface area is 771 Å². The third kappa shape index (κ3) is 17.9. The highest BCUT2D eigenvalue weighted by atomic mass is 15.2. The predicted octanol–water partition coefficient (Wildman–Crippen LogP) is 40.0. The Hall–Kier alpha value is -10.7. The van der Waals surface area contributed by atoms with E-state index in [4.69, 9.17) is 0 Å². The van der Waals surface area contributed by atoms with Gasteiger partial charge in [0.25, 0.3) is 0 Å². The Bertz CT molecular complexity index is 5770. The molecule has 0 bridgehead atoms. The van der Waals surface area contributed by atoms with Crippen LogP contribution in [0.15, 0.2) is 237 Å². The van der Waals surface area contributed by atoms with E-state index in [1.54, 1.807) is 0 Å². The molecule has 19 aromatic carbocycles. The van der Waals surface area contributed by atoms with E-state index in [0.717, 1.165) is 38.5 Å². The molecule has 3 heteroatoms. The Morgan fingerprint density at radius 1 is 0.132 bits per heavy atom. The topological polar surface area (TPSA) is 9.72 Å². The van der Waals surface area contributed by atoms with Crippen molar-refractivity contribution in [2.75, 3.05) is 14.7 Å². The fourth-order valence-electron chi connectivity index (χ4n) is 23.3. The molecule has 0 aromatic heterocycles. The van der Waals surface area contributed by atoms with Gasteiger partial charge in [-0.15, -0.1) is 0 Å². The Balaban J connectivity index is 0.871. The summed E-state index contributed by atoms with van der Waals surface area (Å²) in [6, 6.07) is 96.9. The van der Waals surface area contributed by atoms with Crippen molar-refractivity contribution in [2.45, 2.75) is 311 Å². The Kier molecular flexibility index (Phi) is 27.9. The van der Waals surface area contributed by atoms with Crippen LogP contribution >= 0.6 is 0 Å². The molecule has 0 heterocycles. The van der Waals surface area contributed by atoms with Gasteiger partial charge in [-0.1, -0.05) is 362 Å². The van der Waals surface area contributed by atoms with Crippen molar-refractivity contribution in [3.8, 4) is 0 Å². The number of aryl methyl sites for hydroxylation is 6. The first-order valence-corrected chi connectivity index (χ1v) is 52.0. The molecule has 0 spiro atoms. The summed E-state index contributed by atoms with van der Waals surface area (Å²) in [4.78, 5) is 7.88. The average molecular weight is 1700 g/mol. The second-order valence-corrected chi connectivity index (χ2v) is 39.3. The van der Waals surface area contributed by atoms with Gasteiger partial charge in [0.2, 0.25) is 0 Å². The van der Waals surface area contributed by atoms with Crippen molar-refractivity contribution in [3.05, 3.63) is 270 Å². The molecule has 0 aliphatic carbocycles. The van der Waals surface area contributed by atoms with Gasteiger partial charge in [0.15, 0.2) is 0 Å². The highest BCUT2D eigenvalue weighted by Crippen LogP contribution is 2.62. The van der Waals surface area contributed by atoms with E-state index < -0.39 is 0 Å². The lowest BCUT2D eigenvalue weighted by molar-refractivity contribution is 0.607. The van der Waals surface area contributed by atoms with Crippen molar-refractivity contribution in [2.24, 2.45) is 0 Å². The molecule has 0 aliphatic rings. The smallest absolute Gasteiger partial charge is 0.0474 e. The molecule has 0 atom stereocenters. The molecule has 0 fully saturated rings.